The van der Waals surface area contributed by atoms with Crippen molar-refractivity contribution in [1.82, 2.24) is 19.7 Å². The van der Waals surface area contributed by atoms with Crippen LogP contribution >= 0.6 is 0 Å². The van der Waals surface area contributed by atoms with E-state index in [0.717, 1.165) is 16.7 Å². The number of nitrogens with one attached hydrogen (secondary N) is 1. The summed E-state index contributed by atoms with van der Waals surface area (Å²) in [6.45, 7) is 5.02. The maximum Gasteiger partial charge on any atom is 0.255 e. The lowest BCUT2D eigenvalue weighted by Crippen LogP contribution is -2.41. The van der Waals surface area contributed by atoms with E-state index in [-0.39, 0.29) is 24.5 Å². The number of benzene rings is 1. The first-order valence-corrected chi connectivity index (χ1v) is 10.7. The average molecular weight is 435 g/mol. The Labute approximate surface area is 185 Å². The van der Waals surface area contributed by atoms with E-state index in [2.05, 4.69) is 15.4 Å². The SMILES string of the molecule is Cc1nc2c(cc1C(=O)N1CCC(C(=O)Nc3ccc4c(c3)OCO4)CC1)c(C)nn2C. The largest absolute Gasteiger partial charge is 0.454 e. The zero-order valence-corrected chi connectivity index (χ0v) is 18.3. The first kappa shape index (κ1) is 20.3. The Morgan fingerprint density at radius 1 is 1.06 bits per heavy atom. The van der Waals surface area contributed by atoms with Crippen LogP contribution in [0, 0.1) is 19.8 Å². The van der Waals surface area contributed by atoms with Crippen molar-refractivity contribution in [3.05, 3.63) is 41.2 Å². The number of amides is 2. The third kappa shape index (κ3) is 3.53. The van der Waals surface area contributed by atoms with Gasteiger partial charge in [0.15, 0.2) is 17.1 Å². The Morgan fingerprint density at radius 2 is 1.81 bits per heavy atom. The van der Waals surface area contributed by atoms with Gasteiger partial charge in [0, 0.05) is 43.2 Å². The van der Waals surface area contributed by atoms with E-state index in [0.29, 0.717) is 54.4 Å². The molecule has 0 aliphatic carbocycles. The van der Waals surface area contributed by atoms with E-state index in [1.165, 1.54) is 0 Å². The van der Waals surface area contributed by atoms with Crippen LogP contribution in [0.1, 0.15) is 34.6 Å². The van der Waals surface area contributed by atoms with Crippen LogP contribution in [-0.2, 0) is 11.8 Å². The second-order valence-corrected chi connectivity index (χ2v) is 8.33. The van der Waals surface area contributed by atoms with Gasteiger partial charge in [-0.3, -0.25) is 14.3 Å². The van der Waals surface area contributed by atoms with Crippen molar-refractivity contribution in [2.75, 3.05) is 25.2 Å². The van der Waals surface area contributed by atoms with Gasteiger partial charge in [0.2, 0.25) is 12.7 Å². The molecule has 1 aromatic carbocycles. The molecule has 1 fully saturated rings. The zero-order chi connectivity index (χ0) is 22.4. The van der Waals surface area contributed by atoms with Crippen LogP contribution in [0.4, 0.5) is 5.69 Å². The van der Waals surface area contributed by atoms with Gasteiger partial charge in [0.05, 0.1) is 17.0 Å². The smallest absolute Gasteiger partial charge is 0.255 e. The highest BCUT2D eigenvalue weighted by molar-refractivity contribution is 5.99. The number of fused-ring (bicyclic) bond motifs is 2. The Balaban J connectivity index is 1.24. The number of hydrogen-bond acceptors (Lipinski definition) is 6. The standard InChI is InChI=1S/C23H25N5O4/c1-13-18(11-17-14(2)26-27(3)21(17)24-13)23(30)28-8-6-15(7-9-28)22(29)25-16-4-5-19-20(10-16)32-12-31-19/h4-5,10-11,15H,6-9,12H2,1-3H3,(H,25,29). The predicted molar refractivity (Wildman–Crippen MR) is 118 cm³/mol. The molecule has 9 nitrogen and oxygen atoms in total. The molecule has 3 aromatic rings. The molecule has 0 radical (unpaired) electrons. The normalized spacial score (nSPS) is 15.9. The van der Waals surface area contributed by atoms with Gasteiger partial charge in [-0.25, -0.2) is 4.98 Å². The molecule has 0 bridgehead atoms. The second-order valence-electron chi connectivity index (χ2n) is 8.33. The molecule has 2 aliphatic rings. The fourth-order valence-electron chi connectivity index (χ4n) is 4.38. The lowest BCUT2D eigenvalue weighted by atomic mass is 9.95. The molecule has 0 unspecified atom stereocenters. The Kier molecular flexibility index (Phi) is 4.96. The summed E-state index contributed by atoms with van der Waals surface area (Å²) in [5.41, 5.74) is 3.59. The van der Waals surface area contributed by atoms with Crippen LogP contribution in [0.5, 0.6) is 11.5 Å². The average Bonchev–Trinajstić information content (AvgIpc) is 3.36. The van der Waals surface area contributed by atoms with Crippen LogP contribution in [0.25, 0.3) is 11.0 Å². The van der Waals surface area contributed by atoms with Crippen molar-refractivity contribution < 1.29 is 19.1 Å². The van der Waals surface area contributed by atoms with E-state index >= 15 is 0 Å². The number of rotatable bonds is 3. The number of pyridine rings is 1. The molecule has 1 saturated heterocycles. The Bertz CT molecular complexity index is 1230. The number of aryl methyl sites for hydroxylation is 3. The van der Waals surface area contributed by atoms with Crippen LogP contribution in [-0.4, -0.2) is 51.4 Å². The first-order valence-electron chi connectivity index (χ1n) is 10.7. The lowest BCUT2D eigenvalue weighted by molar-refractivity contribution is -0.121. The van der Waals surface area contributed by atoms with Gasteiger partial charge in [0.25, 0.3) is 5.91 Å². The third-order valence-corrected chi connectivity index (χ3v) is 6.21. The summed E-state index contributed by atoms with van der Waals surface area (Å²) in [6.07, 6.45) is 1.23. The number of hydrogen-bond donors (Lipinski definition) is 1. The maximum atomic E-state index is 13.2. The van der Waals surface area contributed by atoms with E-state index in [4.69, 9.17) is 9.47 Å². The van der Waals surface area contributed by atoms with Crippen molar-refractivity contribution in [2.24, 2.45) is 13.0 Å². The van der Waals surface area contributed by atoms with Crippen molar-refractivity contribution in [3.8, 4) is 11.5 Å². The van der Waals surface area contributed by atoms with E-state index in [1.54, 1.807) is 22.9 Å². The van der Waals surface area contributed by atoms with Crippen molar-refractivity contribution in [3.63, 3.8) is 0 Å². The molecule has 2 amide bonds. The van der Waals surface area contributed by atoms with Gasteiger partial charge in [-0.05, 0) is 44.9 Å². The molecular formula is C23H25N5O4. The van der Waals surface area contributed by atoms with Crippen molar-refractivity contribution >= 4 is 28.5 Å². The molecule has 0 saturated carbocycles. The summed E-state index contributed by atoms with van der Waals surface area (Å²) in [5.74, 6) is 1.08. The number of nitrogens with zero attached hydrogens (tertiary/aromatic N) is 4. The minimum atomic E-state index is -0.147. The Hall–Kier alpha value is -3.62. The van der Waals surface area contributed by atoms with Gasteiger partial charge >= 0.3 is 0 Å². The first-order chi connectivity index (χ1) is 15.4. The molecule has 9 heteroatoms. The zero-order valence-electron chi connectivity index (χ0n) is 18.3. The summed E-state index contributed by atoms with van der Waals surface area (Å²) in [5, 5.41) is 8.24. The van der Waals surface area contributed by atoms with Crippen molar-refractivity contribution in [1.29, 1.82) is 0 Å². The summed E-state index contributed by atoms with van der Waals surface area (Å²) >= 11 is 0. The van der Waals surface area contributed by atoms with Crippen LogP contribution in [0.15, 0.2) is 24.3 Å². The minimum absolute atomic E-state index is 0.0405. The molecule has 0 atom stereocenters. The lowest BCUT2D eigenvalue weighted by Gasteiger charge is -2.31. The number of ether oxygens (including phenoxy) is 2. The number of anilines is 1. The number of carbonyl (C=O) groups is 2. The number of likely N-dealkylation sites (tertiary alicyclic amines) is 1. The molecule has 0 spiro atoms. The molecule has 2 aromatic heterocycles. The fourth-order valence-corrected chi connectivity index (χ4v) is 4.38. The van der Waals surface area contributed by atoms with Crippen molar-refractivity contribution in [2.45, 2.75) is 26.7 Å². The number of carbonyl (C=O) groups excluding carboxylic acids is 2. The second kappa shape index (κ2) is 7.81. The maximum absolute atomic E-state index is 13.2. The van der Waals surface area contributed by atoms with Crippen LogP contribution in [0.3, 0.4) is 0 Å². The predicted octanol–water partition coefficient (Wildman–Crippen LogP) is 2.80. The summed E-state index contributed by atoms with van der Waals surface area (Å²) in [7, 11) is 1.85. The van der Waals surface area contributed by atoms with Gasteiger partial charge in [0.1, 0.15) is 0 Å². The van der Waals surface area contributed by atoms with E-state index in [9.17, 15) is 9.59 Å². The van der Waals surface area contributed by atoms with Gasteiger partial charge < -0.3 is 19.7 Å². The highest BCUT2D eigenvalue weighted by Gasteiger charge is 2.29. The fraction of sp³-hybridized carbons (Fsp3) is 0.391. The molecular weight excluding hydrogens is 410 g/mol. The highest BCUT2D eigenvalue weighted by Crippen LogP contribution is 2.34. The quantitative estimate of drug-likeness (QED) is 0.679. The molecule has 5 rings (SSSR count). The number of piperidine rings is 1. The summed E-state index contributed by atoms with van der Waals surface area (Å²) in [4.78, 5) is 32.3. The Morgan fingerprint density at radius 3 is 2.59 bits per heavy atom. The van der Waals surface area contributed by atoms with Gasteiger partial charge in [-0.15, -0.1) is 0 Å². The number of aromatic nitrogens is 3. The van der Waals surface area contributed by atoms with Gasteiger partial charge in [-0.2, -0.15) is 5.10 Å². The summed E-state index contributed by atoms with van der Waals surface area (Å²) in [6, 6.07) is 7.25. The highest BCUT2D eigenvalue weighted by atomic mass is 16.7. The van der Waals surface area contributed by atoms with E-state index < -0.39 is 0 Å². The van der Waals surface area contributed by atoms with Crippen LogP contribution in [0.2, 0.25) is 0 Å². The molecule has 1 N–H and O–H groups in total. The minimum Gasteiger partial charge on any atom is -0.454 e. The molecule has 166 valence electrons. The monoisotopic (exact) mass is 435 g/mol. The third-order valence-electron chi connectivity index (χ3n) is 6.21. The molecule has 2 aliphatic heterocycles. The van der Waals surface area contributed by atoms with E-state index in [1.807, 2.05) is 31.9 Å². The van der Waals surface area contributed by atoms with Crippen LogP contribution < -0.4 is 14.8 Å². The molecule has 32 heavy (non-hydrogen) atoms. The topological polar surface area (TPSA) is 98.6 Å². The van der Waals surface area contributed by atoms with Gasteiger partial charge in [-0.1, -0.05) is 0 Å². The summed E-state index contributed by atoms with van der Waals surface area (Å²) < 4.78 is 12.4. The molecule has 4 heterocycles.